The molecule has 1 heterocycles. The van der Waals surface area contributed by atoms with Gasteiger partial charge in [0.1, 0.15) is 11.5 Å². The van der Waals surface area contributed by atoms with Crippen molar-refractivity contribution in [1.82, 2.24) is 4.31 Å². The zero-order valence-corrected chi connectivity index (χ0v) is 22.5. The Labute approximate surface area is 223 Å². The van der Waals surface area contributed by atoms with Gasteiger partial charge in [-0.3, -0.25) is 10.1 Å². The first kappa shape index (κ1) is 25.6. The molecule has 10 heteroatoms. The van der Waals surface area contributed by atoms with E-state index in [1.54, 1.807) is 12.1 Å². The second kappa shape index (κ2) is 9.48. The summed E-state index contributed by atoms with van der Waals surface area (Å²) in [5, 5.41) is 15.5. The maximum atomic E-state index is 13.3. The molecule has 4 aliphatic carbocycles. The molecule has 8 nitrogen and oxygen atoms in total. The molecule has 0 amide bonds. The quantitative estimate of drug-likeness (QED) is 0.379. The average molecular weight is 543 g/mol. The summed E-state index contributed by atoms with van der Waals surface area (Å²) < 4.78 is 40.7. The highest BCUT2D eigenvalue weighted by atomic mass is 32.2. The SMILES string of the molecule is C[C@H](Nc1cc(N2CCN(S(=O)(=O)c3ccc(F)cc3)CC2)ccc1[N+](=O)[O-])C12CC3CC(CC(C3)C1)C2. The molecule has 0 unspecified atom stereocenters. The molecule has 0 aromatic heterocycles. The van der Waals surface area contributed by atoms with E-state index in [0.29, 0.717) is 18.8 Å². The molecule has 4 saturated carbocycles. The van der Waals surface area contributed by atoms with E-state index in [1.807, 2.05) is 6.07 Å². The highest BCUT2D eigenvalue weighted by Crippen LogP contribution is 2.61. The number of rotatable bonds is 7. The number of nitrogens with one attached hydrogen (secondary N) is 1. The zero-order valence-electron chi connectivity index (χ0n) is 21.7. The average Bonchev–Trinajstić information content (AvgIpc) is 2.88. The summed E-state index contributed by atoms with van der Waals surface area (Å²) in [7, 11) is -3.71. The van der Waals surface area contributed by atoms with Crippen LogP contribution in [0.3, 0.4) is 0 Å². The minimum absolute atomic E-state index is 0.0721. The van der Waals surface area contributed by atoms with Crippen LogP contribution in [0.5, 0.6) is 0 Å². The molecule has 1 N–H and O–H groups in total. The van der Waals surface area contributed by atoms with Crippen LogP contribution in [0.25, 0.3) is 0 Å². The molecule has 7 rings (SSSR count). The Bertz CT molecular complexity index is 1290. The number of hydrogen-bond acceptors (Lipinski definition) is 6. The van der Waals surface area contributed by atoms with Gasteiger partial charge in [-0.05, 0) is 105 Å². The lowest BCUT2D eigenvalue weighted by molar-refractivity contribution is -0.384. The fourth-order valence-electron chi connectivity index (χ4n) is 8.03. The van der Waals surface area contributed by atoms with Gasteiger partial charge in [-0.25, -0.2) is 12.8 Å². The van der Waals surface area contributed by atoms with Crippen molar-refractivity contribution in [1.29, 1.82) is 0 Å². The molecule has 38 heavy (non-hydrogen) atoms. The molecular formula is C28H35FN4O4S. The highest BCUT2D eigenvalue weighted by molar-refractivity contribution is 7.89. The van der Waals surface area contributed by atoms with Crippen molar-refractivity contribution in [3.63, 3.8) is 0 Å². The fraction of sp³-hybridized carbons (Fsp3) is 0.571. The summed E-state index contributed by atoms with van der Waals surface area (Å²) in [5.74, 6) is 1.92. The summed E-state index contributed by atoms with van der Waals surface area (Å²) in [6.45, 7) is 3.68. The summed E-state index contributed by atoms with van der Waals surface area (Å²) >= 11 is 0. The van der Waals surface area contributed by atoms with Crippen molar-refractivity contribution in [2.45, 2.75) is 56.4 Å². The second-order valence-corrected chi connectivity index (χ2v) is 13.9. The van der Waals surface area contributed by atoms with Gasteiger partial charge in [0, 0.05) is 44.0 Å². The lowest BCUT2D eigenvalue weighted by Gasteiger charge is -2.59. The highest BCUT2D eigenvalue weighted by Gasteiger charge is 2.53. The van der Waals surface area contributed by atoms with E-state index < -0.39 is 15.8 Å². The van der Waals surface area contributed by atoms with Crippen LogP contribution in [0.2, 0.25) is 0 Å². The van der Waals surface area contributed by atoms with E-state index in [9.17, 15) is 22.9 Å². The van der Waals surface area contributed by atoms with Crippen LogP contribution in [-0.2, 0) is 10.0 Å². The number of halogens is 1. The first-order chi connectivity index (χ1) is 18.1. The fourth-order valence-corrected chi connectivity index (χ4v) is 9.45. The molecule has 1 saturated heterocycles. The third-order valence-corrected chi connectivity index (χ3v) is 11.5. The Morgan fingerprint density at radius 3 is 2.11 bits per heavy atom. The summed E-state index contributed by atoms with van der Waals surface area (Å²) in [6.07, 6.45) is 7.70. The van der Waals surface area contributed by atoms with Crippen LogP contribution < -0.4 is 10.2 Å². The minimum atomic E-state index is -3.71. The molecule has 2 aromatic carbocycles. The molecule has 204 valence electrons. The Kier molecular flexibility index (Phi) is 6.38. The Morgan fingerprint density at radius 1 is 0.974 bits per heavy atom. The number of piperazine rings is 1. The Balaban J connectivity index is 1.18. The standard InChI is InChI=1S/C28H35FN4O4S/c1-19(28-16-20-12-21(17-28)14-22(13-20)18-28)30-26-15-24(4-7-27(26)33(34)35)31-8-10-32(11-9-31)38(36,37)25-5-2-23(29)3-6-25/h2-7,15,19-22,30H,8-14,16-18H2,1H3/t19-,20?,21?,22?,28?/m0/s1. The molecule has 0 radical (unpaired) electrons. The van der Waals surface area contributed by atoms with Gasteiger partial charge in [0.2, 0.25) is 10.0 Å². The van der Waals surface area contributed by atoms with Crippen LogP contribution in [0.15, 0.2) is 47.4 Å². The normalized spacial score (nSPS) is 29.8. The van der Waals surface area contributed by atoms with Gasteiger partial charge in [0.05, 0.1) is 9.82 Å². The van der Waals surface area contributed by atoms with E-state index in [1.165, 1.54) is 55.0 Å². The first-order valence-corrected chi connectivity index (χ1v) is 15.1. The van der Waals surface area contributed by atoms with Crippen LogP contribution in [-0.4, -0.2) is 49.9 Å². The van der Waals surface area contributed by atoms with Crippen molar-refractivity contribution in [3.05, 3.63) is 58.4 Å². The van der Waals surface area contributed by atoms with Gasteiger partial charge in [-0.2, -0.15) is 4.31 Å². The molecular weight excluding hydrogens is 507 g/mol. The smallest absolute Gasteiger partial charge is 0.292 e. The van der Waals surface area contributed by atoms with Crippen molar-refractivity contribution in [2.24, 2.45) is 23.2 Å². The maximum Gasteiger partial charge on any atom is 0.292 e. The Morgan fingerprint density at radius 2 is 1.55 bits per heavy atom. The molecule has 0 spiro atoms. The number of nitrogens with zero attached hydrogens (tertiary/aromatic N) is 3. The lowest BCUT2D eigenvalue weighted by Crippen LogP contribution is -2.53. The monoisotopic (exact) mass is 542 g/mol. The number of sulfonamides is 1. The predicted molar refractivity (Wildman–Crippen MR) is 144 cm³/mol. The lowest BCUT2D eigenvalue weighted by atomic mass is 9.48. The summed E-state index contributed by atoms with van der Waals surface area (Å²) in [6, 6.07) is 10.2. The van der Waals surface area contributed by atoms with Gasteiger partial charge in [0.25, 0.3) is 5.69 Å². The molecule has 1 aliphatic heterocycles. The van der Waals surface area contributed by atoms with Crippen molar-refractivity contribution in [2.75, 3.05) is 36.4 Å². The van der Waals surface area contributed by atoms with Gasteiger partial charge in [0.15, 0.2) is 0 Å². The number of nitro benzene ring substituents is 1. The Hall–Kier alpha value is -2.72. The molecule has 2 aromatic rings. The number of anilines is 2. The van der Waals surface area contributed by atoms with Crippen molar-refractivity contribution >= 4 is 27.1 Å². The van der Waals surface area contributed by atoms with E-state index >= 15 is 0 Å². The molecule has 5 aliphatic rings. The van der Waals surface area contributed by atoms with Crippen molar-refractivity contribution in [3.8, 4) is 0 Å². The summed E-state index contributed by atoms with van der Waals surface area (Å²) in [5.41, 5.74) is 1.66. The minimum Gasteiger partial charge on any atom is -0.376 e. The zero-order chi connectivity index (χ0) is 26.7. The second-order valence-electron chi connectivity index (χ2n) is 11.9. The van der Waals surface area contributed by atoms with E-state index in [2.05, 4.69) is 17.1 Å². The van der Waals surface area contributed by atoms with Crippen LogP contribution in [0.4, 0.5) is 21.5 Å². The molecule has 5 fully saturated rings. The predicted octanol–water partition coefficient (Wildman–Crippen LogP) is 5.26. The number of benzene rings is 2. The molecule has 4 bridgehead atoms. The third-order valence-electron chi connectivity index (χ3n) is 9.61. The number of nitro groups is 1. The van der Waals surface area contributed by atoms with Crippen LogP contribution >= 0.6 is 0 Å². The van der Waals surface area contributed by atoms with E-state index in [4.69, 9.17) is 0 Å². The first-order valence-electron chi connectivity index (χ1n) is 13.7. The van der Waals surface area contributed by atoms with Crippen molar-refractivity contribution < 1.29 is 17.7 Å². The van der Waals surface area contributed by atoms with E-state index in [0.717, 1.165) is 35.6 Å². The topological polar surface area (TPSA) is 95.8 Å². The third kappa shape index (κ3) is 4.55. The summed E-state index contributed by atoms with van der Waals surface area (Å²) in [4.78, 5) is 13.7. The maximum absolute atomic E-state index is 13.3. The largest absolute Gasteiger partial charge is 0.376 e. The van der Waals surface area contributed by atoms with Gasteiger partial charge < -0.3 is 10.2 Å². The van der Waals surface area contributed by atoms with Gasteiger partial charge in [-0.1, -0.05) is 0 Å². The number of hydrogen-bond donors (Lipinski definition) is 1. The van der Waals surface area contributed by atoms with Gasteiger partial charge in [-0.15, -0.1) is 0 Å². The van der Waals surface area contributed by atoms with Gasteiger partial charge >= 0.3 is 0 Å². The van der Waals surface area contributed by atoms with Crippen LogP contribution in [0.1, 0.15) is 45.4 Å². The molecule has 1 atom stereocenters. The van der Waals surface area contributed by atoms with Crippen LogP contribution in [0, 0.1) is 39.1 Å². The van der Waals surface area contributed by atoms with E-state index in [-0.39, 0.29) is 40.1 Å².